The van der Waals surface area contributed by atoms with E-state index in [1.165, 1.54) is 7.11 Å². The van der Waals surface area contributed by atoms with E-state index in [9.17, 15) is 4.79 Å². The Balaban J connectivity index is 2.17. The molecule has 19 heavy (non-hydrogen) atoms. The fourth-order valence-electron chi connectivity index (χ4n) is 2.21. The van der Waals surface area contributed by atoms with Crippen LogP contribution in [0.25, 0.3) is 22.0 Å². The Bertz CT molecular complexity index is 729. The molecular weight excluding hydrogens is 238 g/mol. The normalized spacial score (nSPS) is 10.6. The van der Waals surface area contributed by atoms with E-state index in [-0.39, 0.29) is 5.97 Å². The predicted octanol–water partition coefficient (Wildman–Crippen LogP) is 3.62. The van der Waals surface area contributed by atoms with Gasteiger partial charge >= 0.3 is 5.97 Å². The Morgan fingerprint density at radius 3 is 2.58 bits per heavy atom. The summed E-state index contributed by atoms with van der Waals surface area (Å²) in [4.78, 5) is 14.8. The highest BCUT2D eigenvalue weighted by Crippen LogP contribution is 2.26. The number of fused-ring (bicyclic) bond motifs is 1. The van der Waals surface area contributed by atoms with Crippen LogP contribution in [0.1, 0.15) is 10.4 Å². The summed E-state index contributed by atoms with van der Waals surface area (Å²) in [5.74, 6) is -0.323. The summed E-state index contributed by atoms with van der Waals surface area (Å²) in [5.41, 5.74) is 3.70. The molecule has 2 aromatic carbocycles. The van der Waals surface area contributed by atoms with Gasteiger partial charge in [0.1, 0.15) is 0 Å². The SMILES string of the molecule is COC(=O)c1c[nH]c2ccc(-c3ccccc3)cc12. The fourth-order valence-corrected chi connectivity index (χ4v) is 2.21. The van der Waals surface area contributed by atoms with Crippen LogP contribution < -0.4 is 0 Å². The van der Waals surface area contributed by atoms with Crippen molar-refractivity contribution in [3.8, 4) is 11.1 Å². The third kappa shape index (κ3) is 1.99. The van der Waals surface area contributed by atoms with Gasteiger partial charge < -0.3 is 9.72 Å². The smallest absolute Gasteiger partial charge is 0.340 e. The zero-order valence-electron chi connectivity index (χ0n) is 10.5. The van der Waals surface area contributed by atoms with Gasteiger partial charge in [0.2, 0.25) is 0 Å². The van der Waals surface area contributed by atoms with Gasteiger partial charge in [-0.15, -0.1) is 0 Å². The van der Waals surface area contributed by atoms with Crippen molar-refractivity contribution < 1.29 is 9.53 Å². The molecule has 3 aromatic rings. The summed E-state index contributed by atoms with van der Waals surface area (Å²) < 4.78 is 4.79. The van der Waals surface area contributed by atoms with E-state index >= 15 is 0 Å². The highest BCUT2D eigenvalue weighted by atomic mass is 16.5. The molecule has 3 rings (SSSR count). The molecule has 3 heteroatoms. The van der Waals surface area contributed by atoms with Crippen LogP contribution in [0.3, 0.4) is 0 Å². The first-order valence-corrected chi connectivity index (χ1v) is 6.04. The number of carbonyl (C=O) groups excluding carboxylic acids is 1. The van der Waals surface area contributed by atoms with Crippen molar-refractivity contribution in [2.75, 3.05) is 7.11 Å². The largest absolute Gasteiger partial charge is 0.465 e. The number of ether oxygens (including phenoxy) is 1. The Labute approximate surface area is 110 Å². The molecule has 0 spiro atoms. The lowest BCUT2D eigenvalue weighted by molar-refractivity contribution is 0.0603. The molecule has 1 N–H and O–H groups in total. The molecule has 0 aliphatic heterocycles. The molecule has 0 amide bonds. The number of hydrogen-bond acceptors (Lipinski definition) is 2. The van der Waals surface area contributed by atoms with Crippen molar-refractivity contribution in [3.05, 3.63) is 60.3 Å². The molecule has 94 valence electrons. The second-order valence-corrected chi connectivity index (χ2v) is 4.32. The summed E-state index contributed by atoms with van der Waals surface area (Å²) in [7, 11) is 1.39. The Morgan fingerprint density at radius 1 is 1.05 bits per heavy atom. The monoisotopic (exact) mass is 251 g/mol. The van der Waals surface area contributed by atoms with Crippen LogP contribution in [0, 0.1) is 0 Å². The van der Waals surface area contributed by atoms with Crippen LogP contribution in [-0.2, 0) is 4.74 Å². The lowest BCUT2D eigenvalue weighted by Crippen LogP contribution is -1.99. The van der Waals surface area contributed by atoms with Gasteiger partial charge in [0.15, 0.2) is 0 Å². The van der Waals surface area contributed by atoms with Crippen LogP contribution >= 0.6 is 0 Å². The standard InChI is InChI=1S/C16H13NO2/c1-19-16(18)14-10-17-15-8-7-12(9-13(14)15)11-5-3-2-4-6-11/h2-10,17H,1H3. The van der Waals surface area contributed by atoms with Crippen LogP contribution in [0.2, 0.25) is 0 Å². The number of nitrogens with one attached hydrogen (secondary N) is 1. The molecule has 1 heterocycles. The number of hydrogen-bond donors (Lipinski definition) is 1. The highest BCUT2D eigenvalue weighted by molar-refractivity contribution is 6.05. The zero-order valence-corrected chi connectivity index (χ0v) is 10.5. The molecule has 0 fully saturated rings. The number of methoxy groups -OCH3 is 1. The molecule has 0 unspecified atom stereocenters. The Hall–Kier alpha value is -2.55. The number of H-pyrrole nitrogens is 1. The number of rotatable bonds is 2. The molecule has 0 aliphatic carbocycles. The van der Waals surface area contributed by atoms with Gasteiger partial charge in [-0.25, -0.2) is 4.79 Å². The van der Waals surface area contributed by atoms with E-state index in [0.29, 0.717) is 5.56 Å². The molecule has 0 atom stereocenters. The molecule has 0 bridgehead atoms. The van der Waals surface area contributed by atoms with Gasteiger partial charge in [-0.3, -0.25) is 0 Å². The predicted molar refractivity (Wildman–Crippen MR) is 75.1 cm³/mol. The molecule has 1 aromatic heterocycles. The maximum absolute atomic E-state index is 11.7. The summed E-state index contributed by atoms with van der Waals surface area (Å²) >= 11 is 0. The van der Waals surface area contributed by atoms with E-state index < -0.39 is 0 Å². The minimum absolute atomic E-state index is 0.323. The van der Waals surface area contributed by atoms with Gasteiger partial charge in [0, 0.05) is 17.1 Å². The topological polar surface area (TPSA) is 42.1 Å². The summed E-state index contributed by atoms with van der Waals surface area (Å²) in [6.45, 7) is 0. The molecular formula is C16H13NO2. The molecule has 0 radical (unpaired) electrons. The van der Waals surface area contributed by atoms with Crippen molar-refractivity contribution in [2.45, 2.75) is 0 Å². The maximum atomic E-state index is 11.7. The molecule has 0 saturated carbocycles. The first kappa shape index (κ1) is 11.5. The van der Waals surface area contributed by atoms with Gasteiger partial charge in [0.05, 0.1) is 12.7 Å². The number of aromatic amines is 1. The molecule has 3 nitrogen and oxygen atoms in total. The second-order valence-electron chi connectivity index (χ2n) is 4.32. The van der Waals surface area contributed by atoms with E-state index in [1.54, 1.807) is 6.20 Å². The molecule has 0 aliphatic rings. The van der Waals surface area contributed by atoms with E-state index in [0.717, 1.165) is 22.0 Å². The third-order valence-electron chi connectivity index (χ3n) is 3.19. The minimum atomic E-state index is -0.323. The Morgan fingerprint density at radius 2 is 1.84 bits per heavy atom. The lowest BCUT2D eigenvalue weighted by atomic mass is 10.0. The van der Waals surface area contributed by atoms with Gasteiger partial charge in [-0.2, -0.15) is 0 Å². The van der Waals surface area contributed by atoms with Crippen molar-refractivity contribution in [1.29, 1.82) is 0 Å². The highest BCUT2D eigenvalue weighted by Gasteiger charge is 2.12. The van der Waals surface area contributed by atoms with Crippen molar-refractivity contribution in [3.63, 3.8) is 0 Å². The van der Waals surface area contributed by atoms with Crippen LogP contribution in [0.4, 0.5) is 0 Å². The number of esters is 1. The summed E-state index contributed by atoms with van der Waals surface area (Å²) in [6, 6.07) is 16.1. The maximum Gasteiger partial charge on any atom is 0.340 e. The third-order valence-corrected chi connectivity index (χ3v) is 3.19. The van der Waals surface area contributed by atoms with E-state index in [4.69, 9.17) is 4.74 Å². The lowest BCUT2D eigenvalue weighted by Gasteiger charge is -2.02. The number of benzene rings is 2. The summed E-state index contributed by atoms with van der Waals surface area (Å²) in [6.07, 6.45) is 1.69. The average Bonchev–Trinajstić information content (AvgIpc) is 2.90. The van der Waals surface area contributed by atoms with Crippen molar-refractivity contribution >= 4 is 16.9 Å². The fraction of sp³-hybridized carbons (Fsp3) is 0.0625. The van der Waals surface area contributed by atoms with Crippen LogP contribution in [0.15, 0.2) is 54.7 Å². The summed E-state index contributed by atoms with van der Waals surface area (Å²) in [5, 5.41) is 0.883. The first-order chi connectivity index (χ1) is 9.29. The minimum Gasteiger partial charge on any atom is -0.465 e. The quantitative estimate of drug-likeness (QED) is 0.707. The van der Waals surface area contributed by atoms with E-state index in [1.807, 2.05) is 48.5 Å². The van der Waals surface area contributed by atoms with Crippen molar-refractivity contribution in [2.24, 2.45) is 0 Å². The van der Waals surface area contributed by atoms with Gasteiger partial charge in [0.25, 0.3) is 0 Å². The average molecular weight is 251 g/mol. The van der Waals surface area contributed by atoms with Crippen molar-refractivity contribution in [1.82, 2.24) is 4.98 Å². The van der Waals surface area contributed by atoms with Crippen LogP contribution in [-0.4, -0.2) is 18.1 Å². The zero-order chi connectivity index (χ0) is 13.2. The van der Waals surface area contributed by atoms with Crippen LogP contribution in [0.5, 0.6) is 0 Å². The van der Waals surface area contributed by atoms with E-state index in [2.05, 4.69) is 4.98 Å². The number of aromatic nitrogens is 1. The van der Waals surface area contributed by atoms with Gasteiger partial charge in [-0.1, -0.05) is 36.4 Å². The van der Waals surface area contributed by atoms with Gasteiger partial charge in [-0.05, 0) is 23.3 Å². The second kappa shape index (κ2) is 4.61. The number of carbonyl (C=O) groups is 1. The first-order valence-electron chi connectivity index (χ1n) is 6.04. The Kier molecular flexibility index (Phi) is 2.80. The molecule has 0 saturated heterocycles.